The molecule has 1 aromatic heterocycles. The smallest absolute Gasteiger partial charge is 0.256 e. The molecule has 2 amide bonds. The molecular formula is C30H32FN3O2S. The standard InChI is InChI=1S/C30H32FN3O2S/c1-19-27(30(36)34-14-4-5-15-34)23(11-3-6-16-37-2)26(32-19)18-24-28-22(20-9-7-10-21(31)17-20)12-8-13-25(28)33-29(24)35/h7-10,12-13,17-18,32H,3-6,11,14-16H2,1-2H3,(H,33,35)/b24-18-. The first kappa shape index (κ1) is 25.3. The summed E-state index contributed by atoms with van der Waals surface area (Å²) in [4.78, 5) is 32.1. The fraction of sp³-hybridized carbons (Fsp3) is 0.333. The average molecular weight is 518 g/mol. The van der Waals surface area contributed by atoms with E-state index in [1.54, 1.807) is 6.07 Å². The number of thioether (sulfide) groups is 1. The van der Waals surface area contributed by atoms with Crippen LogP contribution in [0.3, 0.4) is 0 Å². The van der Waals surface area contributed by atoms with Crippen LogP contribution in [-0.2, 0) is 11.2 Å². The molecule has 7 heteroatoms. The van der Waals surface area contributed by atoms with Gasteiger partial charge >= 0.3 is 0 Å². The second-order valence-corrected chi connectivity index (χ2v) is 10.7. The number of likely N-dealkylation sites (tertiary alicyclic amines) is 1. The summed E-state index contributed by atoms with van der Waals surface area (Å²) in [5, 5.41) is 2.97. The number of rotatable bonds is 8. The number of nitrogens with zero attached hydrogens (tertiary/aromatic N) is 1. The lowest BCUT2D eigenvalue weighted by atomic mass is 9.93. The van der Waals surface area contributed by atoms with Gasteiger partial charge in [-0.3, -0.25) is 9.59 Å². The van der Waals surface area contributed by atoms with Crippen molar-refractivity contribution < 1.29 is 14.0 Å². The van der Waals surface area contributed by atoms with Gasteiger partial charge in [0, 0.05) is 35.7 Å². The zero-order valence-electron chi connectivity index (χ0n) is 21.3. The molecule has 1 saturated heterocycles. The van der Waals surface area contributed by atoms with E-state index in [4.69, 9.17) is 0 Å². The van der Waals surface area contributed by atoms with Crippen molar-refractivity contribution >= 4 is 40.9 Å². The highest BCUT2D eigenvalue weighted by atomic mass is 32.2. The molecule has 5 nitrogen and oxygen atoms in total. The summed E-state index contributed by atoms with van der Waals surface area (Å²) < 4.78 is 14.1. The quantitative estimate of drug-likeness (QED) is 0.263. The number of anilines is 1. The topological polar surface area (TPSA) is 65.2 Å². The van der Waals surface area contributed by atoms with Crippen molar-refractivity contribution in [1.29, 1.82) is 0 Å². The number of amides is 2. The Bertz CT molecular complexity index is 1370. The Morgan fingerprint density at radius 3 is 2.68 bits per heavy atom. The van der Waals surface area contributed by atoms with Crippen molar-refractivity contribution in [3.8, 4) is 11.1 Å². The average Bonchev–Trinajstić information content (AvgIpc) is 3.60. The highest BCUT2D eigenvalue weighted by Gasteiger charge is 2.30. The molecule has 3 heterocycles. The van der Waals surface area contributed by atoms with Gasteiger partial charge < -0.3 is 15.2 Å². The first-order valence-electron chi connectivity index (χ1n) is 12.9. The van der Waals surface area contributed by atoms with Crippen molar-refractivity contribution in [1.82, 2.24) is 9.88 Å². The molecule has 0 saturated carbocycles. The summed E-state index contributed by atoms with van der Waals surface area (Å²) in [5.41, 5.74) is 6.84. The van der Waals surface area contributed by atoms with Gasteiger partial charge in [0.25, 0.3) is 11.8 Å². The molecule has 2 aromatic carbocycles. The lowest BCUT2D eigenvalue weighted by Gasteiger charge is -2.16. The molecule has 0 radical (unpaired) electrons. The van der Waals surface area contributed by atoms with E-state index in [0.717, 1.165) is 84.6 Å². The summed E-state index contributed by atoms with van der Waals surface area (Å²) in [7, 11) is 0. The number of unbranched alkanes of at least 4 members (excludes halogenated alkanes) is 1. The van der Waals surface area contributed by atoms with Crippen LogP contribution in [0, 0.1) is 12.7 Å². The number of aryl methyl sites for hydroxylation is 1. The molecule has 0 bridgehead atoms. The first-order chi connectivity index (χ1) is 18.0. The number of H-pyrrole nitrogens is 1. The number of hydrogen-bond acceptors (Lipinski definition) is 3. The fourth-order valence-electron chi connectivity index (χ4n) is 5.43. The molecule has 2 aliphatic rings. The molecule has 192 valence electrons. The zero-order chi connectivity index (χ0) is 25.9. The van der Waals surface area contributed by atoms with E-state index in [9.17, 15) is 14.0 Å². The van der Waals surface area contributed by atoms with Gasteiger partial charge in [-0.1, -0.05) is 24.3 Å². The summed E-state index contributed by atoms with van der Waals surface area (Å²) in [6.45, 7) is 3.52. The Morgan fingerprint density at radius 2 is 1.92 bits per heavy atom. The number of carbonyl (C=O) groups is 2. The predicted octanol–water partition coefficient (Wildman–Crippen LogP) is 6.54. The third kappa shape index (κ3) is 5.10. The monoisotopic (exact) mass is 517 g/mol. The van der Waals surface area contributed by atoms with E-state index in [0.29, 0.717) is 16.8 Å². The minimum absolute atomic E-state index is 0.0764. The van der Waals surface area contributed by atoms with Gasteiger partial charge in [-0.15, -0.1) is 0 Å². The van der Waals surface area contributed by atoms with Crippen LogP contribution in [0.2, 0.25) is 0 Å². The lowest BCUT2D eigenvalue weighted by molar-refractivity contribution is -0.110. The van der Waals surface area contributed by atoms with Crippen LogP contribution in [0.5, 0.6) is 0 Å². The normalized spacial score (nSPS) is 15.9. The van der Waals surface area contributed by atoms with Gasteiger partial charge in [0.15, 0.2) is 0 Å². The molecule has 3 aromatic rings. The fourth-order valence-corrected chi connectivity index (χ4v) is 5.92. The molecular weight excluding hydrogens is 485 g/mol. The lowest BCUT2D eigenvalue weighted by Crippen LogP contribution is -2.28. The third-order valence-electron chi connectivity index (χ3n) is 7.21. The number of benzene rings is 2. The van der Waals surface area contributed by atoms with E-state index in [1.807, 2.05) is 53.9 Å². The van der Waals surface area contributed by atoms with Crippen LogP contribution in [0.1, 0.15) is 58.6 Å². The van der Waals surface area contributed by atoms with Crippen molar-refractivity contribution in [2.24, 2.45) is 0 Å². The second-order valence-electron chi connectivity index (χ2n) is 9.72. The molecule has 2 N–H and O–H groups in total. The molecule has 0 spiro atoms. The van der Waals surface area contributed by atoms with Crippen molar-refractivity contribution in [2.75, 3.05) is 30.4 Å². The number of aromatic amines is 1. The van der Waals surface area contributed by atoms with E-state index in [-0.39, 0.29) is 17.6 Å². The second kappa shape index (κ2) is 11.0. The highest BCUT2D eigenvalue weighted by molar-refractivity contribution is 7.98. The highest BCUT2D eigenvalue weighted by Crippen LogP contribution is 2.41. The number of halogens is 1. The summed E-state index contributed by atoms with van der Waals surface area (Å²) in [6.07, 6.45) is 8.84. The summed E-state index contributed by atoms with van der Waals surface area (Å²) >= 11 is 1.82. The molecule has 0 aliphatic carbocycles. The largest absolute Gasteiger partial charge is 0.358 e. The summed E-state index contributed by atoms with van der Waals surface area (Å²) in [6, 6.07) is 12.1. The zero-order valence-corrected chi connectivity index (χ0v) is 22.1. The van der Waals surface area contributed by atoms with E-state index in [2.05, 4.69) is 16.6 Å². The molecule has 0 unspecified atom stereocenters. The number of hydrogen-bond donors (Lipinski definition) is 2. The van der Waals surface area contributed by atoms with E-state index >= 15 is 0 Å². The number of aromatic nitrogens is 1. The van der Waals surface area contributed by atoms with E-state index < -0.39 is 0 Å². The molecule has 2 aliphatic heterocycles. The van der Waals surface area contributed by atoms with Crippen molar-refractivity contribution in [3.05, 3.63) is 76.4 Å². The first-order valence-corrected chi connectivity index (χ1v) is 14.3. The minimum Gasteiger partial charge on any atom is -0.358 e. The van der Waals surface area contributed by atoms with Crippen LogP contribution in [-0.4, -0.2) is 46.8 Å². The maximum atomic E-state index is 14.1. The minimum atomic E-state index is -0.324. The predicted molar refractivity (Wildman–Crippen MR) is 150 cm³/mol. The van der Waals surface area contributed by atoms with Gasteiger partial charge in [0.05, 0.1) is 11.1 Å². The maximum Gasteiger partial charge on any atom is 0.256 e. The number of fused-ring (bicyclic) bond motifs is 1. The van der Waals surface area contributed by atoms with E-state index in [1.165, 1.54) is 12.1 Å². The van der Waals surface area contributed by atoms with Crippen molar-refractivity contribution in [2.45, 2.75) is 39.0 Å². The van der Waals surface area contributed by atoms with Crippen LogP contribution in [0.4, 0.5) is 10.1 Å². The molecule has 0 atom stereocenters. The SMILES string of the molecule is CSCCCCc1c(/C=C2\C(=O)Nc3cccc(-c4cccc(F)c4)c32)[nH]c(C)c1C(=O)N1CCCC1. The molecule has 37 heavy (non-hydrogen) atoms. The summed E-state index contributed by atoms with van der Waals surface area (Å²) in [5.74, 6) is 0.622. The molecule has 5 rings (SSSR count). The third-order valence-corrected chi connectivity index (χ3v) is 7.90. The van der Waals surface area contributed by atoms with Gasteiger partial charge in [-0.05, 0) is 92.0 Å². The number of carbonyl (C=O) groups excluding carboxylic acids is 2. The van der Waals surface area contributed by atoms with Gasteiger partial charge in [-0.2, -0.15) is 11.8 Å². The molecule has 1 fully saturated rings. The Labute approximate surface area is 221 Å². The Balaban J connectivity index is 1.60. The Morgan fingerprint density at radius 1 is 1.14 bits per heavy atom. The van der Waals surface area contributed by atoms with Crippen LogP contribution < -0.4 is 5.32 Å². The Kier molecular flexibility index (Phi) is 7.51. The van der Waals surface area contributed by atoms with Crippen LogP contribution in [0.15, 0.2) is 42.5 Å². The van der Waals surface area contributed by atoms with Gasteiger partial charge in [0.2, 0.25) is 0 Å². The van der Waals surface area contributed by atoms with Crippen LogP contribution >= 0.6 is 11.8 Å². The van der Waals surface area contributed by atoms with Crippen LogP contribution in [0.25, 0.3) is 22.8 Å². The Hall–Kier alpha value is -3.32. The van der Waals surface area contributed by atoms with Gasteiger partial charge in [0.1, 0.15) is 5.82 Å². The van der Waals surface area contributed by atoms with Crippen molar-refractivity contribution in [3.63, 3.8) is 0 Å². The number of nitrogens with one attached hydrogen (secondary N) is 2. The maximum absolute atomic E-state index is 14.1. The van der Waals surface area contributed by atoms with Gasteiger partial charge in [-0.25, -0.2) is 4.39 Å².